The van der Waals surface area contributed by atoms with Crippen LogP contribution in [0.5, 0.6) is 5.75 Å². The van der Waals surface area contributed by atoms with Crippen molar-refractivity contribution in [3.63, 3.8) is 0 Å². The number of thiazole rings is 1. The van der Waals surface area contributed by atoms with Crippen molar-refractivity contribution in [3.05, 3.63) is 35.7 Å². The number of hydrogen-bond acceptors (Lipinski definition) is 7. The number of aryl methyl sites for hydroxylation is 1. The average Bonchev–Trinajstić information content (AvgIpc) is 3.38. The largest absolute Gasteiger partial charge is 0.497 e. The number of carbonyl (C=O) groups excluding carboxylic acids is 1. The Balaban J connectivity index is 1.70. The molecule has 2 aromatic heterocycles. The lowest BCUT2D eigenvalue weighted by Gasteiger charge is -2.21. The SMILES string of the molecule is COc1ccc2nc(N(CC3CCCO3)C(=O)c3cc(C)on3)sc2c1. The molecule has 3 heterocycles. The van der Waals surface area contributed by atoms with Crippen molar-refractivity contribution in [1.82, 2.24) is 10.1 Å². The molecule has 0 spiro atoms. The lowest BCUT2D eigenvalue weighted by atomic mass is 10.2. The van der Waals surface area contributed by atoms with Gasteiger partial charge in [0.2, 0.25) is 0 Å². The number of carbonyl (C=O) groups is 1. The van der Waals surface area contributed by atoms with Crippen molar-refractivity contribution in [2.45, 2.75) is 25.9 Å². The van der Waals surface area contributed by atoms with Gasteiger partial charge >= 0.3 is 0 Å². The Morgan fingerprint density at radius 2 is 2.31 bits per heavy atom. The number of aromatic nitrogens is 2. The third-order valence-electron chi connectivity index (χ3n) is 4.32. The number of amides is 1. The van der Waals surface area contributed by atoms with Gasteiger partial charge in [-0.2, -0.15) is 0 Å². The fourth-order valence-electron chi connectivity index (χ4n) is 2.98. The van der Waals surface area contributed by atoms with Crippen LogP contribution in [-0.4, -0.2) is 42.4 Å². The van der Waals surface area contributed by atoms with Crippen molar-refractivity contribution < 1.29 is 18.8 Å². The zero-order chi connectivity index (χ0) is 18.1. The van der Waals surface area contributed by atoms with Crippen LogP contribution in [0.2, 0.25) is 0 Å². The summed E-state index contributed by atoms with van der Waals surface area (Å²) in [5, 5.41) is 4.49. The molecule has 8 heteroatoms. The summed E-state index contributed by atoms with van der Waals surface area (Å²) in [6, 6.07) is 7.31. The number of fused-ring (bicyclic) bond motifs is 1. The molecule has 1 aliphatic rings. The minimum Gasteiger partial charge on any atom is -0.497 e. The first-order chi connectivity index (χ1) is 12.6. The number of methoxy groups -OCH3 is 1. The van der Waals surface area contributed by atoms with Crippen LogP contribution in [0, 0.1) is 6.92 Å². The maximum Gasteiger partial charge on any atom is 0.282 e. The zero-order valence-electron chi connectivity index (χ0n) is 14.6. The molecule has 1 amide bonds. The predicted molar refractivity (Wildman–Crippen MR) is 98.1 cm³/mol. The summed E-state index contributed by atoms with van der Waals surface area (Å²) < 4.78 is 17.0. The quantitative estimate of drug-likeness (QED) is 0.682. The standard InChI is InChI=1S/C18H19N3O4S/c1-11-8-15(20-25-11)17(22)21(10-13-4-3-7-24-13)18-19-14-6-5-12(23-2)9-16(14)26-18/h5-6,8-9,13H,3-4,7,10H2,1-2H3. The highest BCUT2D eigenvalue weighted by Crippen LogP contribution is 2.33. The van der Waals surface area contributed by atoms with Crippen LogP contribution in [-0.2, 0) is 4.74 Å². The number of ether oxygens (including phenoxy) is 2. The predicted octanol–water partition coefficient (Wildman–Crippen LogP) is 3.43. The molecule has 1 fully saturated rings. The first-order valence-corrected chi connectivity index (χ1v) is 9.27. The summed E-state index contributed by atoms with van der Waals surface area (Å²) in [6.07, 6.45) is 1.95. The number of benzene rings is 1. The van der Waals surface area contributed by atoms with E-state index in [1.165, 1.54) is 11.3 Å². The fraction of sp³-hybridized carbons (Fsp3) is 0.389. The molecule has 1 aliphatic heterocycles. The van der Waals surface area contributed by atoms with Crippen LogP contribution in [0.25, 0.3) is 10.2 Å². The lowest BCUT2D eigenvalue weighted by Crippen LogP contribution is -2.37. The van der Waals surface area contributed by atoms with Gasteiger partial charge in [0, 0.05) is 12.7 Å². The molecule has 1 aromatic carbocycles. The Hall–Kier alpha value is -2.45. The summed E-state index contributed by atoms with van der Waals surface area (Å²) in [7, 11) is 1.63. The normalized spacial score (nSPS) is 16.9. The molecule has 0 radical (unpaired) electrons. The Morgan fingerprint density at radius 1 is 1.42 bits per heavy atom. The maximum absolute atomic E-state index is 13.0. The molecule has 0 bridgehead atoms. The van der Waals surface area contributed by atoms with Gasteiger partial charge in [0.25, 0.3) is 5.91 Å². The summed E-state index contributed by atoms with van der Waals surface area (Å²) >= 11 is 1.45. The van der Waals surface area contributed by atoms with E-state index in [2.05, 4.69) is 10.1 Å². The molecule has 0 N–H and O–H groups in total. The van der Waals surface area contributed by atoms with Gasteiger partial charge in [-0.3, -0.25) is 9.69 Å². The van der Waals surface area contributed by atoms with E-state index in [9.17, 15) is 4.79 Å². The van der Waals surface area contributed by atoms with E-state index in [1.54, 1.807) is 25.0 Å². The average molecular weight is 373 g/mol. The second-order valence-electron chi connectivity index (χ2n) is 6.20. The Kier molecular flexibility index (Phi) is 4.60. The second kappa shape index (κ2) is 7.05. The van der Waals surface area contributed by atoms with Gasteiger partial charge in [0.15, 0.2) is 10.8 Å². The second-order valence-corrected chi connectivity index (χ2v) is 7.21. The van der Waals surface area contributed by atoms with Crippen LogP contribution < -0.4 is 9.64 Å². The van der Waals surface area contributed by atoms with Crippen LogP contribution in [0.4, 0.5) is 5.13 Å². The molecule has 0 aliphatic carbocycles. The number of hydrogen-bond donors (Lipinski definition) is 0. The van der Waals surface area contributed by atoms with Gasteiger partial charge < -0.3 is 14.0 Å². The van der Waals surface area contributed by atoms with Gasteiger partial charge in [-0.15, -0.1) is 0 Å². The summed E-state index contributed by atoms with van der Waals surface area (Å²) in [5.74, 6) is 1.12. The highest BCUT2D eigenvalue weighted by Gasteiger charge is 2.28. The minimum absolute atomic E-state index is 0.00787. The van der Waals surface area contributed by atoms with Gasteiger partial charge in [0.05, 0.1) is 30.0 Å². The Morgan fingerprint density at radius 3 is 3.00 bits per heavy atom. The molecule has 136 valence electrons. The van der Waals surface area contributed by atoms with E-state index in [1.807, 2.05) is 18.2 Å². The summed E-state index contributed by atoms with van der Waals surface area (Å²) in [5.41, 5.74) is 1.10. The number of anilines is 1. The van der Waals surface area contributed by atoms with Gasteiger partial charge in [-0.25, -0.2) is 4.98 Å². The summed E-state index contributed by atoms with van der Waals surface area (Å²) in [4.78, 5) is 19.3. The Labute approximate surface area is 154 Å². The van der Waals surface area contributed by atoms with Gasteiger partial charge in [0.1, 0.15) is 11.5 Å². The molecular weight excluding hydrogens is 354 g/mol. The monoisotopic (exact) mass is 373 g/mol. The van der Waals surface area contributed by atoms with Crippen molar-refractivity contribution in [2.24, 2.45) is 0 Å². The van der Waals surface area contributed by atoms with Crippen LogP contribution in [0.3, 0.4) is 0 Å². The molecule has 4 rings (SSSR count). The third kappa shape index (κ3) is 3.30. The first kappa shape index (κ1) is 17.0. The van der Waals surface area contributed by atoms with Crippen LogP contribution in [0.15, 0.2) is 28.8 Å². The van der Waals surface area contributed by atoms with Crippen molar-refractivity contribution in [2.75, 3.05) is 25.2 Å². The van der Waals surface area contributed by atoms with Crippen molar-refractivity contribution in [3.8, 4) is 5.75 Å². The minimum atomic E-state index is -0.233. The molecule has 3 aromatic rings. The molecule has 1 saturated heterocycles. The molecule has 26 heavy (non-hydrogen) atoms. The third-order valence-corrected chi connectivity index (χ3v) is 5.36. The zero-order valence-corrected chi connectivity index (χ0v) is 15.4. The number of nitrogens with zero attached hydrogens (tertiary/aromatic N) is 3. The summed E-state index contributed by atoms with van der Waals surface area (Å²) in [6.45, 7) is 2.94. The smallest absolute Gasteiger partial charge is 0.282 e. The van der Waals surface area contributed by atoms with Crippen LogP contribution >= 0.6 is 11.3 Å². The van der Waals surface area contributed by atoms with Crippen LogP contribution in [0.1, 0.15) is 29.1 Å². The molecule has 1 atom stereocenters. The highest BCUT2D eigenvalue weighted by molar-refractivity contribution is 7.22. The van der Waals surface area contributed by atoms with E-state index in [0.717, 1.165) is 35.4 Å². The van der Waals surface area contributed by atoms with E-state index in [0.29, 0.717) is 17.4 Å². The van der Waals surface area contributed by atoms with E-state index >= 15 is 0 Å². The van der Waals surface area contributed by atoms with Crippen molar-refractivity contribution >= 4 is 32.6 Å². The first-order valence-electron chi connectivity index (χ1n) is 8.45. The highest BCUT2D eigenvalue weighted by atomic mass is 32.1. The van der Waals surface area contributed by atoms with E-state index in [4.69, 9.17) is 14.0 Å². The van der Waals surface area contributed by atoms with E-state index < -0.39 is 0 Å². The maximum atomic E-state index is 13.0. The molecular formula is C18H19N3O4S. The van der Waals surface area contributed by atoms with Gasteiger partial charge in [-0.1, -0.05) is 16.5 Å². The molecule has 7 nitrogen and oxygen atoms in total. The number of rotatable bonds is 5. The van der Waals surface area contributed by atoms with Crippen molar-refractivity contribution in [1.29, 1.82) is 0 Å². The van der Waals surface area contributed by atoms with E-state index in [-0.39, 0.29) is 17.7 Å². The topological polar surface area (TPSA) is 77.7 Å². The molecule has 0 saturated carbocycles. The molecule has 1 unspecified atom stereocenters. The van der Waals surface area contributed by atoms with Gasteiger partial charge in [-0.05, 0) is 38.0 Å². The Bertz CT molecular complexity index is 930. The lowest BCUT2D eigenvalue weighted by molar-refractivity contribution is 0.0910. The fourth-order valence-corrected chi connectivity index (χ4v) is 3.98.